The summed E-state index contributed by atoms with van der Waals surface area (Å²) in [7, 11) is -3.05. The van der Waals surface area contributed by atoms with Crippen LogP contribution in [0, 0.1) is 5.82 Å². The molecule has 1 aromatic carbocycles. The van der Waals surface area contributed by atoms with Crippen molar-refractivity contribution in [2.75, 3.05) is 48.0 Å². The summed E-state index contributed by atoms with van der Waals surface area (Å²) >= 11 is 0. The van der Waals surface area contributed by atoms with E-state index in [0.29, 0.717) is 37.6 Å². The minimum atomic E-state index is -4.18. The summed E-state index contributed by atoms with van der Waals surface area (Å²) < 4.78 is 45.9. The highest BCUT2D eigenvalue weighted by Gasteiger charge is 2.41. The molecular formula is C22H23FN4O4S. The van der Waals surface area contributed by atoms with E-state index in [1.807, 2.05) is 23.1 Å². The number of aromatic nitrogens is 1. The first-order valence-corrected chi connectivity index (χ1v) is 12.0. The van der Waals surface area contributed by atoms with Gasteiger partial charge >= 0.3 is 5.97 Å². The molecule has 5 rings (SSSR count). The van der Waals surface area contributed by atoms with Gasteiger partial charge in [-0.3, -0.25) is 0 Å². The molecule has 0 bridgehead atoms. The third-order valence-corrected chi connectivity index (χ3v) is 7.82. The average Bonchev–Trinajstić information content (AvgIpc) is 3.65. The van der Waals surface area contributed by atoms with Crippen LogP contribution in [-0.4, -0.2) is 58.7 Å². The molecule has 0 amide bonds. The van der Waals surface area contributed by atoms with Crippen molar-refractivity contribution < 1.29 is 22.3 Å². The molecule has 32 heavy (non-hydrogen) atoms. The smallest absolute Gasteiger partial charge is 0.351 e. The van der Waals surface area contributed by atoms with Crippen molar-refractivity contribution in [3.63, 3.8) is 0 Å². The Balaban J connectivity index is 1.47. The molecule has 3 heterocycles. The number of carbonyl (C=O) groups is 1. The number of sulfone groups is 1. The summed E-state index contributed by atoms with van der Waals surface area (Å²) in [5, 5.41) is 0. The Morgan fingerprint density at radius 3 is 2.44 bits per heavy atom. The maximum absolute atomic E-state index is 15.2. The number of carbonyl (C=O) groups excluding carboxylic acids is 1. The second kappa shape index (κ2) is 7.77. The molecule has 3 aliphatic rings. The average molecular weight is 459 g/mol. The lowest BCUT2D eigenvalue weighted by atomic mass is 10.2. The van der Waals surface area contributed by atoms with Gasteiger partial charge in [0.2, 0.25) is 9.84 Å². The van der Waals surface area contributed by atoms with Gasteiger partial charge in [0.25, 0.3) is 0 Å². The van der Waals surface area contributed by atoms with Gasteiger partial charge in [0.1, 0.15) is 11.6 Å². The number of methoxy groups -OCH3 is 1. The van der Waals surface area contributed by atoms with Crippen LogP contribution in [0.4, 0.5) is 21.6 Å². The van der Waals surface area contributed by atoms with Gasteiger partial charge in [-0.25, -0.2) is 22.6 Å². The Morgan fingerprint density at radius 1 is 1.09 bits per heavy atom. The minimum absolute atomic E-state index is 0.0863. The predicted octanol–water partition coefficient (Wildman–Crippen LogP) is 2.32. The van der Waals surface area contributed by atoms with E-state index in [1.165, 1.54) is 6.20 Å². The number of rotatable bonds is 4. The fourth-order valence-corrected chi connectivity index (χ4v) is 5.70. The number of esters is 1. The van der Waals surface area contributed by atoms with Crippen molar-refractivity contribution in [1.82, 2.24) is 4.98 Å². The van der Waals surface area contributed by atoms with Crippen molar-refractivity contribution in [3.05, 3.63) is 53.5 Å². The SMILES string of the molecule is COC(=O)C1=CN(C2CC2)c2cc(N3CCN(c4ccccn4)CC3)c(F)cc2S1(=O)=O. The van der Waals surface area contributed by atoms with Crippen molar-refractivity contribution in [2.24, 2.45) is 0 Å². The van der Waals surface area contributed by atoms with Gasteiger partial charge in [-0.2, -0.15) is 0 Å². The first-order valence-electron chi connectivity index (χ1n) is 10.5. The quantitative estimate of drug-likeness (QED) is 0.646. The fraction of sp³-hybridized carbons (Fsp3) is 0.364. The van der Waals surface area contributed by atoms with Gasteiger partial charge in [0.05, 0.1) is 23.4 Å². The van der Waals surface area contributed by atoms with E-state index < -0.39 is 26.5 Å². The van der Waals surface area contributed by atoms with Crippen LogP contribution in [0.25, 0.3) is 0 Å². The minimum Gasteiger partial charge on any atom is -0.465 e. The zero-order valence-electron chi connectivity index (χ0n) is 17.6. The largest absolute Gasteiger partial charge is 0.465 e. The Hall–Kier alpha value is -3.14. The van der Waals surface area contributed by atoms with E-state index in [4.69, 9.17) is 0 Å². The van der Waals surface area contributed by atoms with Gasteiger partial charge in [-0.05, 0) is 37.1 Å². The molecule has 10 heteroatoms. The van der Waals surface area contributed by atoms with Gasteiger partial charge in [-0.15, -0.1) is 0 Å². The van der Waals surface area contributed by atoms with E-state index in [0.717, 1.165) is 31.8 Å². The highest BCUT2D eigenvalue weighted by atomic mass is 32.2. The molecule has 2 fully saturated rings. The highest BCUT2D eigenvalue weighted by molar-refractivity contribution is 7.96. The molecule has 168 valence electrons. The lowest BCUT2D eigenvalue weighted by Crippen LogP contribution is -2.47. The van der Waals surface area contributed by atoms with Crippen LogP contribution in [0.5, 0.6) is 0 Å². The summed E-state index contributed by atoms with van der Waals surface area (Å²) in [5.41, 5.74) is 0.767. The first kappa shape index (κ1) is 20.7. The highest BCUT2D eigenvalue weighted by Crippen LogP contribution is 2.44. The van der Waals surface area contributed by atoms with Crippen LogP contribution in [0.15, 0.2) is 52.5 Å². The molecule has 1 aromatic heterocycles. The molecule has 0 N–H and O–H groups in total. The number of nitrogens with zero attached hydrogens (tertiary/aromatic N) is 4. The van der Waals surface area contributed by atoms with Crippen LogP contribution in [0.1, 0.15) is 12.8 Å². The van der Waals surface area contributed by atoms with Crippen LogP contribution < -0.4 is 14.7 Å². The van der Waals surface area contributed by atoms with Crippen molar-refractivity contribution in [2.45, 2.75) is 23.8 Å². The summed E-state index contributed by atoms with van der Waals surface area (Å²) in [6.07, 6.45) is 4.83. The molecular weight excluding hydrogens is 435 g/mol. The molecule has 0 unspecified atom stereocenters. The topological polar surface area (TPSA) is 83.1 Å². The molecule has 2 aromatic rings. The van der Waals surface area contributed by atoms with Crippen molar-refractivity contribution in [1.29, 1.82) is 0 Å². The molecule has 0 radical (unpaired) electrons. The van der Waals surface area contributed by atoms with E-state index in [1.54, 1.807) is 17.2 Å². The monoisotopic (exact) mass is 458 g/mol. The number of piperazine rings is 1. The second-order valence-corrected chi connectivity index (χ2v) is 9.95. The number of hydrogen-bond acceptors (Lipinski definition) is 8. The van der Waals surface area contributed by atoms with Crippen molar-refractivity contribution in [3.8, 4) is 0 Å². The zero-order chi connectivity index (χ0) is 22.5. The lowest BCUT2D eigenvalue weighted by Gasteiger charge is -2.37. The molecule has 1 aliphatic carbocycles. The summed E-state index contributed by atoms with van der Waals surface area (Å²) in [4.78, 5) is 21.7. The predicted molar refractivity (Wildman–Crippen MR) is 118 cm³/mol. The van der Waals surface area contributed by atoms with E-state index in [-0.39, 0.29) is 10.9 Å². The number of halogens is 1. The maximum atomic E-state index is 15.2. The second-order valence-electron chi connectivity index (χ2n) is 8.06. The number of fused-ring (bicyclic) bond motifs is 1. The third-order valence-electron chi connectivity index (χ3n) is 6.06. The van der Waals surface area contributed by atoms with Gasteiger partial charge in [-0.1, -0.05) is 6.07 Å². The Kier molecular flexibility index (Phi) is 5.04. The Morgan fingerprint density at radius 2 is 1.81 bits per heavy atom. The van der Waals surface area contributed by atoms with Gasteiger partial charge in [0.15, 0.2) is 4.91 Å². The molecule has 8 nitrogen and oxygen atoms in total. The van der Waals surface area contributed by atoms with Crippen molar-refractivity contribution >= 4 is 33.0 Å². The molecule has 1 saturated heterocycles. The van der Waals surface area contributed by atoms with Crippen LogP contribution >= 0.6 is 0 Å². The van der Waals surface area contributed by atoms with Crippen LogP contribution in [0.2, 0.25) is 0 Å². The van der Waals surface area contributed by atoms with E-state index in [9.17, 15) is 13.2 Å². The molecule has 2 aliphatic heterocycles. The lowest BCUT2D eigenvalue weighted by molar-refractivity contribution is -0.135. The van der Waals surface area contributed by atoms with Gasteiger partial charge in [0, 0.05) is 44.6 Å². The molecule has 0 atom stereocenters. The zero-order valence-corrected chi connectivity index (χ0v) is 18.4. The number of hydrogen-bond donors (Lipinski definition) is 0. The number of benzene rings is 1. The van der Waals surface area contributed by atoms with E-state index >= 15 is 4.39 Å². The van der Waals surface area contributed by atoms with Gasteiger partial charge < -0.3 is 19.4 Å². The fourth-order valence-electron chi connectivity index (χ4n) is 4.21. The first-order chi connectivity index (χ1) is 15.4. The maximum Gasteiger partial charge on any atom is 0.351 e. The number of anilines is 3. The summed E-state index contributed by atoms with van der Waals surface area (Å²) in [6, 6.07) is 8.46. The number of pyridine rings is 1. The van der Waals surface area contributed by atoms with Crippen LogP contribution in [-0.2, 0) is 19.4 Å². The number of ether oxygens (including phenoxy) is 1. The summed E-state index contributed by atoms with van der Waals surface area (Å²) in [5.74, 6) is -0.693. The normalized spacial score (nSPS) is 19.9. The molecule has 0 spiro atoms. The summed E-state index contributed by atoms with van der Waals surface area (Å²) in [6.45, 7) is 2.49. The third kappa shape index (κ3) is 3.48. The van der Waals surface area contributed by atoms with E-state index in [2.05, 4.69) is 14.6 Å². The Bertz CT molecular complexity index is 1190. The standard InChI is InChI=1S/C22H23FN4O4S/c1-31-22(28)20-14-27(15-5-6-15)18-13-17(16(23)12-19(18)32(20,29)30)25-8-10-26(11-9-25)21-4-2-3-7-24-21/h2-4,7,12-15H,5-6,8-11H2,1H3. The Labute approximate surface area is 185 Å². The molecule has 1 saturated carbocycles. The van der Waals surface area contributed by atoms with Crippen LogP contribution in [0.3, 0.4) is 0 Å².